The minimum Gasteiger partial charge on any atom is -0.381 e. The fourth-order valence-electron chi connectivity index (χ4n) is 3.57. The van der Waals surface area contributed by atoms with Gasteiger partial charge in [-0.25, -0.2) is 0 Å². The highest BCUT2D eigenvalue weighted by Crippen LogP contribution is 2.17. The molecule has 0 fully saturated rings. The first kappa shape index (κ1) is 49.1. The topological polar surface area (TPSA) is 52.6 Å². The molecule has 6 heteroatoms. The second-order valence-electron chi connectivity index (χ2n) is 8.89. The molecule has 4 nitrogen and oxygen atoms in total. The number of methoxy groups -OCH3 is 2. The summed E-state index contributed by atoms with van der Waals surface area (Å²) in [6.45, 7) is 3.24. The fraction of sp³-hybridized carbons (Fsp3) is 0.600. The largest absolute Gasteiger partial charge is 0.381 e. The number of unbranched alkanes of at least 4 members (excludes halogenated alkanes) is 1. The van der Waals surface area contributed by atoms with E-state index in [1.165, 1.54) is 23.3 Å². The van der Waals surface area contributed by atoms with Crippen molar-refractivity contribution in [3.8, 4) is 0 Å². The molecule has 0 bridgehead atoms. The Labute approximate surface area is 264 Å². The maximum absolute atomic E-state index is 11.0. The van der Waals surface area contributed by atoms with Crippen LogP contribution in [-0.2, 0) is 30.6 Å². The van der Waals surface area contributed by atoms with Gasteiger partial charge >= 0.3 is 0 Å². The normalized spacial score (nSPS) is 10.8. The van der Waals surface area contributed by atoms with Crippen molar-refractivity contribution in [2.45, 2.75) is 113 Å². The van der Waals surface area contributed by atoms with Gasteiger partial charge in [-0.1, -0.05) is 104 Å². The van der Waals surface area contributed by atoms with Crippen LogP contribution in [0.2, 0.25) is 0 Å². The average Bonchev–Trinajstić information content (AvgIpc) is 2.88. The van der Waals surface area contributed by atoms with Gasteiger partial charge in [0.05, 0.1) is 12.2 Å². The molecule has 0 amide bonds. The summed E-state index contributed by atoms with van der Waals surface area (Å²) in [5, 5.41) is 0. The number of carbonyl (C=O) groups excluding carboxylic acids is 2. The van der Waals surface area contributed by atoms with Crippen molar-refractivity contribution in [1.29, 1.82) is 0 Å². The molecule has 2 rings (SSSR count). The standard InChI is InChI=1S/C16H24O2S.C14H20O2S.5CH4/c1-14(17)12-16(18-2)10-6-7-11-19-13-15-8-4-3-5-9-15;1-12(15)10-14(16-2)8-9-17-11-13-6-4-3-5-7-13;;;;;/h3-5,8-9,16H,6-7,10-13H2,1-2H3;3-7,14H,8-11H2,1-2H3;5*1H4. The summed E-state index contributed by atoms with van der Waals surface area (Å²) in [7, 11) is 3.37. The molecule has 41 heavy (non-hydrogen) atoms. The lowest BCUT2D eigenvalue weighted by atomic mass is 10.1. The second kappa shape index (κ2) is 32.9. The Kier molecular flexibility index (Phi) is 39.4. The van der Waals surface area contributed by atoms with Crippen molar-refractivity contribution < 1.29 is 19.1 Å². The van der Waals surface area contributed by atoms with E-state index in [0.29, 0.717) is 12.8 Å². The van der Waals surface area contributed by atoms with E-state index >= 15 is 0 Å². The Bertz CT molecular complexity index is 815. The molecule has 0 radical (unpaired) electrons. The number of carbonyl (C=O) groups is 2. The second-order valence-corrected chi connectivity index (χ2v) is 11.1. The summed E-state index contributed by atoms with van der Waals surface area (Å²) >= 11 is 3.86. The van der Waals surface area contributed by atoms with Crippen molar-refractivity contribution in [2.24, 2.45) is 0 Å². The van der Waals surface area contributed by atoms with Crippen LogP contribution in [0.3, 0.4) is 0 Å². The fourth-order valence-corrected chi connectivity index (χ4v) is 5.55. The Hall–Kier alpha value is -1.60. The number of thioether (sulfide) groups is 2. The Morgan fingerprint density at radius 2 is 1.00 bits per heavy atom. The van der Waals surface area contributed by atoms with E-state index < -0.39 is 0 Å². The Morgan fingerprint density at radius 3 is 1.39 bits per heavy atom. The first-order valence-electron chi connectivity index (χ1n) is 12.7. The van der Waals surface area contributed by atoms with Crippen LogP contribution < -0.4 is 0 Å². The van der Waals surface area contributed by atoms with E-state index in [-0.39, 0.29) is 60.9 Å². The number of rotatable bonds is 18. The highest BCUT2D eigenvalue weighted by Gasteiger charge is 2.10. The van der Waals surface area contributed by atoms with Crippen LogP contribution in [0.15, 0.2) is 60.7 Å². The van der Waals surface area contributed by atoms with Gasteiger partial charge in [-0.3, -0.25) is 9.59 Å². The third kappa shape index (κ3) is 28.3. The molecule has 0 aliphatic carbocycles. The molecule has 0 saturated carbocycles. The molecule has 240 valence electrons. The maximum atomic E-state index is 11.0. The van der Waals surface area contributed by atoms with Crippen molar-refractivity contribution in [3.05, 3.63) is 71.8 Å². The van der Waals surface area contributed by atoms with E-state index in [1.807, 2.05) is 35.7 Å². The van der Waals surface area contributed by atoms with Gasteiger partial charge in [0.2, 0.25) is 0 Å². The van der Waals surface area contributed by atoms with Gasteiger partial charge < -0.3 is 9.47 Å². The van der Waals surface area contributed by atoms with Crippen LogP contribution in [0, 0.1) is 0 Å². The van der Waals surface area contributed by atoms with E-state index in [2.05, 4.69) is 48.5 Å². The highest BCUT2D eigenvalue weighted by atomic mass is 32.2. The van der Waals surface area contributed by atoms with Crippen LogP contribution in [0.25, 0.3) is 0 Å². The molecule has 0 aliphatic heterocycles. The summed E-state index contributed by atoms with van der Waals surface area (Å²) < 4.78 is 10.6. The summed E-state index contributed by atoms with van der Waals surface area (Å²) in [5.41, 5.74) is 2.73. The monoisotopic (exact) mass is 612 g/mol. The third-order valence-corrected chi connectivity index (χ3v) is 7.75. The van der Waals surface area contributed by atoms with Gasteiger partial charge in [-0.15, -0.1) is 0 Å². The third-order valence-electron chi connectivity index (χ3n) is 5.57. The molecule has 2 aromatic carbocycles. The Morgan fingerprint density at radius 1 is 0.610 bits per heavy atom. The van der Waals surface area contributed by atoms with E-state index in [9.17, 15) is 9.59 Å². The number of Topliss-reactive ketones (excluding diaryl/α,β-unsaturated/α-hetero) is 2. The molecule has 0 N–H and O–H groups in total. The molecule has 2 aromatic rings. The molecule has 0 aliphatic rings. The van der Waals surface area contributed by atoms with Crippen LogP contribution in [0.5, 0.6) is 0 Å². The van der Waals surface area contributed by atoms with Crippen molar-refractivity contribution in [1.82, 2.24) is 0 Å². The summed E-state index contributed by atoms with van der Waals surface area (Å²) in [6.07, 6.45) is 5.52. The molecule has 0 saturated heterocycles. The number of ether oxygens (including phenoxy) is 2. The quantitative estimate of drug-likeness (QED) is 0.156. The zero-order chi connectivity index (χ0) is 26.4. The number of benzene rings is 2. The van der Waals surface area contributed by atoms with Gasteiger partial charge in [0.1, 0.15) is 11.6 Å². The lowest BCUT2D eigenvalue weighted by molar-refractivity contribution is -0.120. The summed E-state index contributed by atoms with van der Waals surface area (Å²) in [5.74, 6) is 4.72. The van der Waals surface area contributed by atoms with Gasteiger partial charge in [-0.2, -0.15) is 23.5 Å². The molecule has 0 spiro atoms. The van der Waals surface area contributed by atoms with Crippen molar-refractivity contribution in [2.75, 3.05) is 25.7 Å². The summed E-state index contributed by atoms with van der Waals surface area (Å²) in [4.78, 5) is 22.0. The smallest absolute Gasteiger partial charge is 0.132 e. The zero-order valence-electron chi connectivity index (χ0n) is 22.4. The molecule has 0 heterocycles. The molecular formula is C35H64O4S2. The molecule has 2 unspecified atom stereocenters. The summed E-state index contributed by atoms with van der Waals surface area (Å²) in [6, 6.07) is 21.0. The SMILES string of the molecule is C.C.C.C.C.COC(CCCCSCc1ccccc1)CC(C)=O.COC(CCSCc1ccccc1)CC(C)=O. The van der Waals surface area contributed by atoms with Crippen molar-refractivity contribution >= 4 is 35.1 Å². The lowest BCUT2D eigenvalue weighted by Crippen LogP contribution is -2.15. The molecule has 0 aromatic heterocycles. The highest BCUT2D eigenvalue weighted by molar-refractivity contribution is 7.98. The predicted octanol–water partition coefficient (Wildman–Crippen LogP) is 10.6. The zero-order valence-corrected chi connectivity index (χ0v) is 24.1. The number of ketones is 2. The van der Waals surface area contributed by atoms with Gasteiger partial charge in [0.25, 0.3) is 0 Å². The van der Waals surface area contributed by atoms with Crippen LogP contribution >= 0.6 is 23.5 Å². The van der Waals surface area contributed by atoms with E-state index in [0.717, 1.165) is 36.5 Å². The minimum atomic E-state index is 0. The predicted molar refractivity (Wildman–Crippen MR) is 190 cm³/mol. The van der Waals surface area contributed by atoms with E-state index in [4.69, 9.17) is 9.47 Å². The van der Waals surface area contributed by atoms with Crippen LogP contribution in [-0.4, -0.2) is 49.5 Å². The van der Waals surface area contributed by atoms with E-state index in [1.54, 1.807) is 28.1 Å². The first-order valence-corrected chi connectivity index (χ1v) is 15.0. The maximum Gasteiger partial charge on any atom is 0.132 e. The average molecular weight is 613 g/mol. The first-order chi connectivity index (χ1) is 17.4. The van der Waals surface area contributed by atoms with Gasteiger partial charge in [-0.05, 0) is 55.7 Å². The number of hydrogen-bond donors (Lipinski definition) is 0. The van der Waals surface area contributed by atoms with Gasteiger partial charge in [0, 0.05) is 38.6 Å². The molecular weight excluding hydrogens is 549 g/mol. The van der Waals surface area contributed by atoms with Gasteiger partial charge in [0.15, 0.2) is 0 Å². The number of hydrogen-bond acceptors (Lipinski definition) is 6. The molecule has 2 atom stereocenters. The lowest BCUT2D eigenvalue weighted by Gasteiger charge is -2.13. The Balaban J connectivity index is -0.000000189. The van der Waals surface area contributed by atoms with Crippen LogP contribution in [0.1, 0.15) is 101 Å². The van der Waals surface area contributed by atoms with Crippen LogP contribution in [0.4, 0.5) is 0 Å². The van der Waals surface area contributed by atoms with Crippen molar-refractivity contribution in [3.63, 3.8) is 0 Å². The minimum absolute atomic E-state index is 0.